The molecule has 3 amide bonds. The van der Waals surface area contributed by atoms with Crippen molar-refractivity contribution in [1.82, 2.24) is 15.5 Å². The molecule has 1 fully saturated rings. The van der Waals surface area contributed by atoms with E-state index in [-0.39, 0.29) is 49.4 Å². The summed E-state index contributed by atoms with van der Waals surface area (Å²) in [7, 11) is 0.932. The zero-order chi connectivity index (χ0) is 32.3. The minimum atomic E-state index is -3.46. The summed E-state index contributed by atoms with van der Waals surface area (Å²) in [6.07, 6.45) is 0.459. The van der Waals surface area contributed by atoms with Gasteiger partial charge in [-0.25, -0.2) is 8.42 Å². The predicted octanol–water partition coefficient (Wildman–Crippen LogP) is 1.81. The fraction of sp³-hybridized carbons (Fsp3) is 0.323. The summed E-state index contributed by atoms with van der Waals surface area (Å²) in [4.78, 5) is 41.2. The molecule has 3 aromatic rings. The molecule has 3 aromatic carbocycles. The normalized spacial score (nSPS) is 18.4. The summed E-state index contributed by atoms with van der Waals surface area (Å²) in [5.41, 5.74) is 1.71. The Morgan fingerprint density at radius 2 is 1.73 bits per heavy atom. The van der Waals surface area contributed by atoms with Crippen molar-refractivity contribution in [3.8, 4) is 23.0 Å². The lowest BCUT2D eigenvalue weighted by atomic mass is 10.1. The van der Waals surface area contributed by atoms with E-state index in [0.717, 1.165) is 10.6 Å². The topological polar surface area (TPSA) is 153 Å². The van der Waals surface area contributed by atoms with E-state index in [1.54, 1.807) is 59.5 Å². The van der Waals surface area contributed by atoms with Crippen LogP contribution in [0.25, 0.3) is 0 Å². The second-order valence-corrected chi connectivity index (χ2v) is 12.7. The number of hydrogen-bond acceptors (Lipinski definition) is 9. The number of hydrogen-bond donors (Lipinski definition) is 2. The largest absolute Gasteiger partial charge is 0.497 e. The fourth-order valence-electron chi connectivity index (χ4n) is 5.05. The van der Waals surface area contributed by atoms with E-state index in [2.05, 4.69) is 10.6 Å². The van der Waals surface area contributed by atoms with Crippen LogP contribution in [0.15, 0.2) is 60.7 Å². The average molecular weight is 639 g/mol. The van der Waals surface area contributed by atoms with Gasteiger partial charge in [-0.3, -0.25) is 18.7 Å². The highest BCUT2D eigenvalue weighted by Gasteiger charge is 2.38. The van der Waals surface area contributed by atoms with Crippen molar-refractivity contribution < 1.29 is 41.7 Å². The van der Waals surface area contributed by atoms with Crippen LogP contribution < -0.4 is 33.9 Å². The molecule has 3 aliphatic rings. The van der Waals surface area contributed by atoms with Crippen LogP contribution in [0.4, 0.5) is 5.69 Å². The summed E-state index contributed by atoms with van der Waals surface area (Å²) >= 11 is 0. The number of carbonyl (C=O) groups is 3. The average Bonchev–Trinajstić information content (AvgIpc) is 3.42. The van der Waals surface area contributed by atoms with E-state index in [0.29, 0.717) is 34.1 Å². The van der Waals surface area contributed by atoms with Crippen LogP contribution in [0, 0.1) is 0 Å². The van der Waals surface area contributed by atoms with E-state index >= 15 is 0 Å². The molecule has 3 aliphatic heterocycles. The number of nitrogens with zero attached hydrogens (tertiary/aromatic N) is 2. The first-order valence-corrected chi connectivity index (χ1v) is 15.9. The molecule has 6 rings (SSSR count). The van der Waals surface area contributed by atoms with Crippen LogP contribution in [0.5, 0.6) is 23.0 Å². The maximum atomic E-state index is 13.6. The van der Waals surface area contributed by atoms with Crippen molar-refractivity contribution in [1.29, 1.82) is 0 Å². The second kappa shape index (κ2) is 12.9. The molecule has 0 spiro atoms. The third-order valence-electron chi connectivity index (χ3n) is 7.62. The lowest BCUT2D eigenvalue weighted by molar-refractivity contribution is -0.123. The highest BCUT2D eigenvalue weighted by molar-refractivity contribution is 7.92. The van der Waals surface area contributed by atoms with Gasteiger partial charge in [0.25, 0.3) is 17.7 Å². The number of amides is 3. The number of ether oxygens (including phenoxy) is 4. The molecule has 0 aromatic heterocycles. The summed E-state index contributed by atoms with van der Waals surface area (Å²) < 4.78 is 47.8. The van der Waals surface area contributed by atoms with E-state index < -0.39 is 28.1 Å². The molecule has 1 saturated heterocycles. The van der Waals surface area contributed by atoms with Gasteiger partial charge in [-0.1, -0.05) is 0 Å². The van der Waals surface area contributed by atoms with E-state index in [9.17, 15) is 22.8 Å². The van der Waals surface area contributed by atoms with Crippen LogP contribution in [-0.4, -0.2) is 90.4 Å². The standard InChI is InChI=1S/C31H34N4O9S/c1-34(45(4,39)40)22-8-5-19(6-9-22)31(38)35-16-26-28(17-35)44-23-10-7-20(27(14-23)42-3)15-32-29(36)18-43-25-12-21(30(37)33-26)11-24(13-25)41-2/h5-14,26,28H,15-18H2,1-4H3,(H,32,36)(H,33,37)/t26-,28-/m0/s1. The SMILES string of the molecule is COc1cc2cc(c1)C(=O)N[C@H]1CN(C(=O)c3ccc(N(C)S(C)(=O)=O)cc3)C[C@@H]1Oc1ccc(c(OC)c1)CNC(=O)CO2. The number of rotatable bonds is 5. The monoisotopic (exact) mass is 638 g/mol. The Hall–Kier alpha value is -4.98. The third kappa shape index (κ3) is 7.23. The van der Waals surface area contributed by atoms with Crippen molar-refractivity contribution in [3.05, 3.63) is 77.4 Å². The molecule has 0 saturated carbocycles. The van der Waals surface area contributed by atoms with Crippen LogP contribution in [0.2, 0.25) is 0 Å². The van der Waals surface area contributed by atoms with Gasteiger partial charge < -0.3 is 34.5 Å². The number of carbonyl (C=O) groups excluding carboxylic acids is 3. The van der Waals surface area contributed by atoms with Gasteiger partial charge >= 0.3 is 0 Å². The molecule has 2 N–H and O–H groups in total. The van der Waals surface area contributed by atoms with E-state index in [4.69, 9.17) is 18.9 Å². The van der Waals surface area contributed by atoms with Gasteiger partial charge in [0.05, 0.1) is 38.7 Å². The molecule has 238 valence electrons. The van der Waals surface area contributed by atoms with Crippen LogP contribution >= 0.6 is 0 Å². The maximum absolute atomic E-state index is 13.6. The van der Waals surface area contributed by atoms with Gasteiger partial charge in [0, 0.05) is 49.0 Å². The Morgan fingerprint density at radius 1 is 0.978 bits per heavy atom. The van der Waals surface area contributed by atoms with Gasteiger partial charge in [0.2, 0.25) is 10.0 Å². The van der Waals surface area contributed by atoms with Crippen molar-refractivity contribution in [2.75, 3.05) is 51.5 Å². The van der Waals surface area contributed by atoms with Crippen molar-refractivity contribution in [3.63, 3.8) is 0 Å². The highest BCUT2D eigenvalue weighted by atomic mass is 32.2. The molecular weight excluding hydrogens is 604 g/mol. The Bertz CT molecular complexity index is 1710. The third-order valence-corrected chi connectivity index (χ3v) is 8.82. The molecule has 0 radical (unpaired) electrons. The van der Waals surface area contributed by atoms with Crippen molar-refractivity contribution >= 4 is 33.4 Å². The Balaban J connectivity index is 1.45. The molecule has 45 heavy (non-hydrogen) atoms. The molecular formula is C31H34N4O9S. The highest BCUT2D eigenvalue weighted by Crippen LogP contribution is 2.29. The molecule has 3 heterocycles. The summed E-state index contributed by atoms with van der Waals surface area (Å²) in [6.45, 7) is 0.190. The molecule has 14 heteroatoms. The lowest BCUT2D eigenvalue weighted by Gasteiger charge is -2.22. The molecule has 0 aliphatic carbocycles. The Labute approximate surface area is 261 Å². The van der Waals surface area contributed by atoms with Crippen molar-refractivity contribution in [2.24, 2.45) is 0 Å². The zero-order valence-electron chi connectivity index (χ0n) is 25.2. The van der Waals surface area contributed by atoms with E-state index in [1.165, 1.54) is 27.3 Å². The molecule has 0 unspecified atom stereocenters. The van der Waals surface area contributed by atoms with Crippen molar-refractivity contribution in [2.45, 2.75) is 18.7 Å². The molecule has 4 bridgehead atoms. The fourth-order valence-corrected chi connectivity index (χ4v) is 5.56. The van der Waals surface area contributed by atoms with Gasteiger partial charge in [-0.15, -0.1) is 0 Å². The summed E-state index contributed by atoms with van der Waals surface area (Å²) in [5, 5.41) is 5.77. The van der Waals surface area contributed by atoms with Gasteiger partial charge in [-0.05, 0) is 48.5 Å². The predicted molar refractivity (Wildman–Crippen MR) is 165 cm³/mol. The number of nitrogens with one attached hydrogen (secondary N) is 2. The number of sulfonamides is 1. The smallest absolute Gasteiger partial charge is 0.258 e. The van der Waals surface area contributed by atoms with Crippen LogP contribution in [0.1, 0.15) is 26.3 Å². The minimum absolute atomic E-state index is 0.140. The quantitative estimate of drug-likeness (QED) is 0.426. The first-order valence-electron chi connectivity index (χ1n) is 14.0. The number of fused-ring (bicyclic) bond motifs is 7. The number of anilines is 1. The van der Waals surface area contributed by atoms with Gasteiger partial charge in [0.15, 0.2) is 6.61 Å². The molecule has 2 atom stereocenters. The lowest BCUT2D eigenvalue weighted by Crippen LogP contribution is -2.45. The maximum Gasteiger partial charge on any atom is 0.258 e. The van der Waals surface area contributed by atoms with E-state index in [1.807, 2.05) is 0 Å². The summed E-state index contributed by atoms with van der Waals surface area (Å²) in [6, 6.07) is 15.4. The molecule has 13 nitrogen and oxygen atoms in total. The van der Waals surface area contributed by atoms with Crippen LogP contribution in [0.3, 0.4) is 0 Å². The van der Waals surface area contributed by atoms with Gasteiger partial charge in [0.1, 0.15) is 29.1 Å². The minimum Gasteiger partial charge on any atom is -0.497 e. The van der Waals surface area contributed by atoms with Crippen LogP contribution in [-0.2, 0) is 21.4 Å². The number of likely N-dealkylation sites (tertiary alicyclic amines) is 1. The Morgan fingerprint density at radius 3 is 2.42 bits per heavy atom. The number of methoxy groups -OCH3 is 2. The summed E-state index contributed by atoms with van der Waals surface area (Å²) in [5.74, 6) is 0.427. The Kier molecular flexibility index (Phi) is 9.04. The zero-order valence-corrected chi connectivity index (χ0v) is 26.1. The van der Waals surface area contributed by atoms with Gasteiger partial charge in [-0.2, -0.15) is 0 Å². The number of benzene rings is 3. The first kappa shape index (κ1) is 31.4. The first-order chi connectivity index (χ1) is 21.4. The second-order valence-electron chi connectivity index (χ2n) is 10.7.